The van der Waals surface area contributed by atoms with Crippen LogP contribution in [-0.2, 0) is 17.8 Å². The number of amides is 1. The highest BCUT2D eigenvalue weighted by Crippen LogP contribution is 2.10. The first-order valence-corrected chi connectivity index (χ1v) is 8.45. The van der Waals surface area contributed by atoms with Gasteiger partial charge in [0.05, 0.1) is 13.1 Å². The van der Waals surface area contributed by atoms with E-state index < -0.39 is 0 Å². The van der Waals surface area contributed by atoms with Crippen LogP contribution in [0.5, 0.6) is 0 Å². The molecule has 1 amide bonds. The number of carbonyl (C=O) groups is 1. The summed E-state index contributed by atoms with van der Waals surface area (Å²) < 4.78 is 0. The van der Waals surface area contributed by atoms with Gasteiger partial charge in [0.15, 0.2) is 5.96 Å². The van der Waals surface area contributed by atoms with Crippen molar-refractivity contribution in [1.29, 1.82) is 0 Å². The third-order valence-electron chi connectivity index (χ3n) is 3.27. The average Bonchev–Trinajstić information content (AvgIpc) is 3.08. The van der Waals surface area contributed by atoms with E-state index in [1.807, 2.05) is 35.7 Å². The maximum Gasteiger partial charge on any atom is 0.243 e. The van der Waals surface area contributed by atoms with E-state index in [1.165, 1.54) is 10.4 Å². The number of benzene rings is 1. The van der Waals surface area contributed by atoms with Gasteiger partial charge in [0, 0.05) is 17.6 Å². The van der Waals surface area contributed by atoms with Crippen molar-refractivity contribution in [2.45, 2.75) is 19.9 Å². The van der Waals surface area contributed by atoms with Crippen LogP contribution >= 0.6 is 35.3 Å². The van der Waals surface area contributed by atoms with Gasteiger partial charge in [0.2, 0.25) is 5.91 Å². The molecule has 2 aromatic rings. The van der Waals surface area contributed by atoms with Crippen LogP contribution in [0.4, 0.5) is 5.69 Å². The molecule has 0 saturated carbocycles. The minimum absolute atomic E-state index is 0. The minimum Gasteiger partial charge on any atom is -0.352 e. The van der Waals surface area contributed by atoms with Crippen molar-refractivity contribution in [3.8, 4) is 0 Å². The molecule has 24 heavy (non-hydrogen) atoms. The maximum absolute atomic E-state index is 12.0. The van der Waals surface area contributed by atoms with Crippen molar-refractivity contribution < 1.29 is 4.79 Å². The van der Waals surface area contributed by atoms with Gasteiger partial charge < -0.3 is 16.0 Å². The zero-order chi connectivity index (χ0) is 16.5. The first kappa shape index (κ1) is 20.4. The van der Waals surface area contributed by atoms with E-state index in [0.29, 0.717) is 12.5 Å². The van der Waals surface area contributed by atoms with E-state index in [4.69, 9.17) is 0 Å². The highest BCUT2D eigenvalue weighted by atomic mass is 127. The molecule has 2 rings (SSSR count). The first-order chi connectivity index (χ1) is 11.2. The molecule has 0 aliphatic heterocycles. The van der Waals surface area contributed by atoms with Crippen molar-refractivity contribution in [2.24, 2.45) is 4.99 Å². The number of hydrogen-bond donors (Lipinski definition) is 3. The van der Waals surface area contributed by atoms with Crippen LogP contribution in [0.15, 0.2) is 46.8 Å². The number of nitrogens with one attached hydrogen (secondary N) is 3. The molecule has 1 heterocycles. The number of halogens is 1. The summed E-state index contributed by atoms with van der Waals surface area (Å²) in [5.41, 5.74) is 2.02. The third-order valence-corrected chi connectivity index (χ3v) is 4.15. The van der Waals surface area contributed by atoms with Crippen molar-refractivity contribution in [3.05, 3.63) is 52.2 Å². The normalized spacial score (nSPS) is 10.7. The summed E-state index contributed by atoms with van der Waals surface area (Å²) in [6.45, 7) is 2.95. The predicted molar refractivity (Wildman–Crippen MR) is 112 cm³/mol. The summed E-state index contributed by atoms with van der Waals surface area (Å²) in [4.78, 5) is 17.3. The number of anilines is 1. The van der Waals surface area contributed by atoms with E-state index in [0.717, 1.165) is 12.1 Å². The van der Waals surface area contributed by atoms with E-state index in [2.05, 4.69) is 33.9 Å². The minimum atomic E-state index is -0.0997. The largest absolute Gasteiger partial charge is 0.352 e. The summed E-state index contributed by atoms with van der Waals surface area (Å²) in [5.74, 6) is 0.508. The van der Waals surface area contributed by atoms with Crippen LogP contribution in [0, 0.1) is 0 Å². The zero-order valence-corrected chi connectivity index (χ0v) is 17.0. The van der Waals surface area contributed by atoms with Gasteiger partial charge in [-0.15, -0.1) is 35.3 Å². The predicted octanol–water partition coefficient (Wildman–Crippen LogP) is 3.23. The van der Waals surface area contributed by atoms with Crippen LogP contribution in [-0.4, -0.2) is 25.5 Å². The van der Waals surface area contributed by atoms with Crippen molar-refractivity contribution in [2.75, 3.05) is 18.9 Å². The number of carbonyl (C=O) groups excluding carboxylic acids is 1. The molecule has 0 unspecified atom stereocenters. The molecule has 0 aliphatic rings. The van der Waals surface area contributed by atoms with Gasteiger partial charge in [0.1, 0.15) is 0 Å². The summed E-state index contributed by atoms with van der Waals surface area (Å²) in [6.07, 6.45) is 0.946. The molecule has 1 aromatic carbocycles. The second kappa shape index (κ2) is 11.0. The van der Waals surface area contributed by atoms with Crippen LogP contribution in [0.1, 0.15) is 17.4 Å². The molecule has 7 heteroatoms. The highest BCUT2D eigenvalue weighted by Gasteiger charge is 2.05. The Morgan fingerprint density at radius 1 is 1.21 bits per heavy atom. The van der Waals surface area contributed by atoms with Crippen molar-refractivity contribution in [3.63, 3.8) is 0 Å². The van der Waals surface area contributed by atoms with Gasteiger partial charge in [0.25, 0.3) is 0 Å². The van der Waals surface area contributed by atoms with Crippen LogP contribution in [0.25, 0.3) is 0 Å². The van der Waals surface area contributed by atoms with E-state index in [9.17, 15) is 4.79 Å². The van der Waals surface area contributed by atoms with E-state index >= 15 is 0 Å². The fraction of sp³-hybridized carbons (Fsp3) is 0.294. The Hall–Kier alpha value is -1.61. The van der Waals surface area contributed by atoms with Gasteiger partial charge in [-0.25, -0.2) is 0 Å². The topological polar surface area (TPSA) is 65.5 Å². The molecule has 0 aliphatic carbocycles. The standard InChI is InChI=1S/C17H22N4OS.HI/c1-3-13-6-4-7-14(10-13)21-16(22)12-20-17(18-2)19-11-15-8-5-9-23-15;/h4-10H,3,11-12H2,1-2H3,(H,21,22)(H2,18,19,20);1H. The molecule has 130 valence electrons. The third kappa shape index (κ3) is 6.88. The number of rotatable bonds is 6. The van der Waals surface area contributed by atoms with Crippen LogP contribution in [0.3, 0.4) is 0 Å². The van der Waals surface area contributed by atoms with Crippen molar-refractivity contribution in [1.82, 2.24) is 10.6 Å². The van der Waals surface area contributed by atoms with Crippen molar-refractivity contribution >= 4 is 52.9 Å². The Morgan fingerprint density at radius 2 is 2.04 bits per heavy atom. The van der Waals surface area contributed by atoms with Gasteiger partial charge >= 0.3 is 0 Å². The lowest BCUT2D eigenvalue weighted by molar-refractivity contribution is -0.115. The molecule has 1 aromatic heterocycles. The number of thiophene rings is 1. The van der Waals surface area contributed by atoms with E-state index in [1.54, 1.807) is 18.4 Å². The Labute approximate surface area is 164 Å². The number of aryl methyl sites for hydroxylation is 1. The molecular weight excluding hydrogens is 435 g/mol. The first-order valence-electron chi connectivity index (χ1n) is 7.57. The quantitative estimate of drug-likeness (QED) is 0.354. The monoisotopic (exact) mass is 458 g/mol. The van der Waals surface area contributed by atoms with Crippen LogP contribution in [0.2, 0.25) is 0 Å². The Kier molecular flexibility index (Phi) is 9.39. The molecule has 5 nitrogen and oxygen atoms in total. The molecule has 0 spiro atoms. The summed E-state index contributed by atoms with van der Waals surface area (Å²) in [7, 11) is 1.69. The summed E-state index contributed by atoms with van der Waals surface area (Å²) >= 11 is 1.68. The fourth-order valence-corrected chi connectivity index (χ4v) is 2.69. The molecule has 0 bridgehead atoms. The van der Waals surface area contributed by atoms with Gasteiger partial charge in [-0.1, -0.05) is 25.1 Å². The van der Waals surface area contributed by atoms with Gasteiger partial charge in [-0.05, 0) is 35.6 Å². The molecule has 0 atom stereocenters. The average molecular weight is 458 g/mol. The number of nitrogens with zero attached hydrogens (tertiary/aromatic N) is 1. The summed E-state index contributed by atoms with van der Waals surface area (Å²) in [6, 6.07) is 11.9. The number of aliphatic imine (C=N–C) groups is 1. The number of guanidine groups is 1. The van der Waals surface area contributed by atoms with Gasteiger partial charge in [-0.2, -0.15) is 0 Å². The smallest absolute Gasteiger partial charge is 0.243 e. The fourth-order valence-electron chi connectivity index (χ4n) is 2.04. The SMILES string of the molecule is CCc1cccc(NC(=O)CNC(=NC)NCc2cccs2)c1.I. The van der Waals surface area contributed by atoms with Gasteiger partial charge in [-0.3, -0.25) is 9.79 Å². The molecular formula is C17H23IN4OS. The lowest BCUT2D eigenvalue weighted by Gasteiger charge is -2.11. The van der Waals surface area contributed by atoms with Crippen LogP contribution < -0.4 is 16.0 Å². The zero-order valence-electron chi connectivity index (χ0n) is 13.8. The molecule has 3 N–H and O–H groups in total. The lowest BCUT2D eigenvalue weighted by Crippen LogP contribution is -2.40. The number of hydrogen-bond acceptors (Lipinski definition) is 3. The lowest BCUT2D eigenvalue weighted by atomic mass is 10.1. The highest BCUT2D eigenvalue weighted by molar-refractivity contribution is 14.0. The molecule has 0 saturated heterocycles. The second-order valence-corrected chi connectivity index (χ2v) is 5.99. The Morgan fingerprint density at radius 3 is 2.71 bits per heavy atom. The molecule has 0 radical (unpaired) electrons. The second-order valence-electron chi connectivity index (χ2n) is 4.96. The summed E-state index contributed by atoms with van der Waals surface area (Å²) in [5, 5.41) is 11.1. The van der Waals surface area contributed by atoms with E-state index in [-0.39, 0.29) is 36.4 Å². The Bertz CT molecular complexity index is 658. The molecule has 0 fully saturated rings. The maximum atomic E-state index is 12.0. The Balaban J connectivity index is 0.00000288.